The number of rotatable bonds is 7. The van der Waals surface area contributed by atoms with Crippen molar-refractivity contribution in [2.75, 3.05) is 11.9 Å². The normalized spacial score (nSPS) is 12.9. The molecule has 1 aromatic heterocycles. The number of sulfonamides is 1. The molecule has 1 heterocycles. The highest BCUT2D eigenvalue weighted by molar-refractivity contribution is 9.10. The van der Waals surface area contributed by atoms with Crippen LogP contribution < -0.4 is 4.72 Å². The van der Waals surface area contributed by atoms with E-state index in [9.17, 15) is 8.42 Å². The minimum absolute atomic E-state index is 0.0171. The predicted molar refractivity (Wildman–Crippen MR) is 84.0 cm³/mol. The van der Waals surface area contributed by atoms with E-state index in [2.05, 4.69) is 50.4 Å². The van der Waals surface area contributed by atoms with E-state index in [1.807, 2.05) is 0 Å². The maximum absolute atomic E-state index is 12.2. The first kappa shape index (κ1) is 16.6. The number of thiophene rings is 1. The highest BCUT2D eigenvalue weighted by atomic mass is 79.9. The molecule has 0 unspecified atom stereocenters. The lowest BCUT2D eigenvalue weighted by Gasteiger charge is -2.29. The van der Waals surface area contributed by atoms with E-state index in [1.165, 1.54) is 11.3 Å². The van der Waals surface area contributed by atoms with Crippen LogP contribution in [-0.4, -0.2) is 20.3 Å². The van der Waals surface area contributed by atoms with E-state index >= 15 is 0 Å². The van der Waals surface area contributed by atoms with Crippen LogP contribution in [0.4, 0.5) is 0 Å². The zero-order valence-corrected chi connectivity index (χ0v) is 15.2. The fraction of sp³-hybridized carbons (Fsp3) is 0.636. The molecule has 0 radical (unpaired) electrons. The molecule has 0 bridgehead atoms. The lowest BCUT2D eigenvalue weighted by molar-refractivity contribution is 0.310. The molecule has 0 fully saturated rings. The second-order valence-corrected chi connectivity index (χ2v) is 8.51. The molecule has 0 spiro atoms. The van der Waals surface area contributed by atoms with Gasteiger partial charge in [0.15, 0.2) is 0 Å². The van der Waals surface area contributed by atoms with Crippen LogP contribution in [0.3, 0.4) is 0 Å². The van der Waals surface area contributed by atoms with Gasteiger partial charge in [-0.3, -0.25) is 0 Å². The van der Waals surface area contributed by atoms with Crippen LogP contribution in [0.15, 0.2) is 20.1 Å². The SMILES string of the molecule is CCC(CC)(CBr)CNS(=O)(=O)c1sccc1Br. The number of hydrogen-bond acceptors (Lipinski definition) is 3. The molecule has 0 atom stereocenters. The first-order chi connectivity index (χ1) is 8.40. The van der Waals surface area contributed by atoms with Crippen LogP contribution >= 0.6 is 43.2 Å². The summed E-state index contributed by atoms with van der Waals surface area (Å²) in [5, 5.41) is 2.55. The zero-order valence-electron chi connectivity index (χ0n) is 10.4. The Labute approximate surface area is 130 Å². The second-order valence-electron chi connectivity index (χ2n) is 4.22. The topological polar surface area (TPSA) is 46.2 Å². The number of hydrogen-bond donors (Lipinski definition) is 1. The quantitative estimate of drug-likeness (QED) is 0.680. The van der Waals surface area contributed by atoms with Crippen molar-refractivity contribution >= 4 is 53.2 Å². The average Bonchev–Trinajstić information content (AvgIpc) is 2.79. The van der Waals surface area contributed by atoms with Crippen LogP contribution in [-0.2, 0) is 10.0 Å². The molecule has 1 N–H and O–H groups in total. The summed E-state index contributed by atoms with van der Waals surface area (Å²) in [6.07, 6.45) is 1.87. The number of alkyl halides is 1. The van der Waals surface area contributed by atoms with Gasteiger partial charge in [-0.1, -0.05) is 29.8 Å². The Bertz CT molecular complexity index is 473. The average molecular weight is 419 g/mol. The Kier molecular flexibility index (Phi) is 6.31. The molecule has 0 aromatic carbocycles. The Morgan fingerprint density at radius 2 is 2.00 bits per heavy atom. The molecular weight excluding hydrogens is 402 g/mol. The Hall–Kier alpha value is 0.570. The van der Waals surface area contributed by atoms with Gasteiger partial charge in [0.2, 0.25) is 0 Å². The second kappa shape index (κ2) is 6.83. The summed E-state index contributed by atoms with van der Waals surface area (Å²) in [6, 6.07) is 1.75. The van der Waals surface area contributed by atoms with E-state index in [0.29, 0.717) is 15.2 Å². The van der Waals surface area contributed by atoms with Gasteiger partial charge in [-0.2, -0.15) is 0 Å². The van der Waals surface area contributed by atoms with Crippen molar-refractivity contribution in [3.63, 3.8) is 0 Å². The third-order valence-electron chi connectivity index (χ3n) is 3.25. The van der Waals surface area contributed by atoms with Gasteiger partial charge in [-0.25, -0.2) is 13.1 Å². The van der Waals surface area contributed by atoms with Crippen LogP contribution in [0.2, 0.25) is 0 Å². The first-order valence-electron chi connectivity index (χ1n) is 5.69. The summed E-state index contributed by atoms with van der Waals surface area (Å²) in [7, 11) is -3.41. The predicted octanol–water partition coefficient (Wildman–Crippen LogP) is 3.99. The van der Waals surface area contributed by atoms with Crippen molar-refractivity contribution in [3.05, 3.63) is 15.9 Å². The molecule has 0 saturated carbocycles. The summed E-state index contributed by atoms with van der Waals surface area (Å²) in [6.45, 7) is 4.62. The third kappa shape index (κ3) is 3.79. The highest BCUT2D eigenvalue weighted by Crippen LogP contribution is 2.30. The third-order valence-corrected chi connectivity index (χ3v) is 8.51. The molecule has 0 amide bonds. The summed E-state index contributed by atoms with van der Waals surface area (Å²) in [4.78, 5) is 0. The monoisotopic (exact) mass is 417 g/mol. The van der Waals surface area contributed by atoms with Crippen molar-refractivity contribution in [2.24, 2.45) is 5.41 Å². The van der Waals surface area contributed by atoms with Gasteiger partial charge in [-0.05, 0) is 45.6 Å². The van der Waals surface area contributed by atoms with Crippen LogP contribution in [0.25, 0.3) is 0 Å². The molecule has 0 aliphatic rings. The number of nitrogens with one attached hydrogen (secondary N) is 1. The van der Waals surface area contributed by atoms with Gasteiger partial charge in [0.1, 0.15) is 4.21 Å². The molecule has 0 aliphatic carbocycles. The first-order valence-corrected chi connectivity index (χ1v) is 9.97. The van der Waals surface area contributed by atoms with Crippen molar-refractivity contribution in [1.29, 1.82) is 0 Å². The van der Waals surface area contributed by atoms with Gasteiger partial charge < -0.3 is 0 Å². The maximum atomic E-state index is 12.2. The minimum Gasteiger partial charge on any atom is -0.210 e. The van der Waals surface area contributed by atoms with E-state index < -0.39 is 10.0 Å². The minimum atomic E-state index is -3.41. The Morgan fingerprint density at radius 3 is 2.39 bits per heavy atom. The fourth-order valence-corrected chi connectivity index (χ4v) is 6.05. The van der Waals surface area contributed by atoms with E-state index in [4.69, 9.17) is 0 Å². The van der Waals surface area contributed by atoms with Gasteiger partial charge in [0, 0.05) is 16.3 Å². The molecule has 0 saturated heterocycles. The summed E-state index contributed by atoms with van der Waals surface area (Å²) in [5.41, 5.74) is -0.0171. The largest absolute Gasteiger partial charge is 0.251 e. The van der Waals surface area contributed by atoms with Crippen molar-refractivity contribution in [3.8, 4) is 0 Å². The molecule has 7 heteroatoms. The molecule has 1 aromatic rings. The summed E-state index contributed by atoms with van der Waals surface area (Å²) in [5.74, 6) is 0. The molecular formula is C11H17Br2NO2S2. The molecule has 18 heavy (non-hydrogen) atoms. The lowest BCUT2D eigenvalue weighted by atomic mass is 9.85. The van der Waals surface area contributed by atoms with Crippen molar-refractivity contribution < 1.29 is 8.42 Å². The Morgan fingerprint density at radius 1 is 1.39 bits per heavy atom. The van der Waals surface area contributed by atoms with E-state index in [-0.39, 0.29) is 5.41 Å². The van der Waals surface area contributed by atoms with Crippen LogP contribution in [0, 0.1) is 5.41 Å². The molecule has 3 nitrogen and oxygen atoms in total. The zero-order chi connectivity index (χ0) is 13.8. The van der Waals surface area contributed by atoms with Crippen molar-refractivity contribution in [2.45, 2.75) is 30.9 Å². The van der Waals surface area contributed by atoms with Gasteiger partial charge >= 0.3 is 0 Å². The number of halogens is 2. The maximum Gasteiger partial charge on any atom is 0.251 e. The fourth-order valence-electron chi connectivity index (χ4n) is 1.52. The Balaban J connectivity index is 2.83. The van der Waals surface area contributed by atoms with Crippen LogP contribution in [0.1, 0.15) is 26.7 Å². The highest BCUT2D eigenvalue weighted by Gasteiger charge is 2.28. The van der Waals surface area contributed by atoms with Crippen molar-refractivity contribution in [1.82, 2.24) is 4.72 Å². The van der Waals surface area contributed by atoms with Crippen LogP contribution in [0.5, 0.6) is 0 Å². The van der Waals surface area contributed by atoms with Gasteiger partial charge in [0.25, 0.3) is 10.0 Å². The lowest BCUT2D eigenvalue weighted by Crippen LogP contribution is -2.38. The molecule has 104 valence electrons. The summed E-state index contributed by atoms with van der Waals surface area (Å²) >= 11 is 7.96. The van der Waals surface area contributed by atoms with E-state index in [0.717, 1.165) is 18.2 Å². The standard InChI is InChI=1S/C11H17Br2NO2S2/c1-3-11(4-2,7-12)8-14-18(15,16)10-9(13)5-6-17-10/h5-6,14H,3-4,7-8H2,1-2H3. The smallest absolute Gasteiger partial charge is 0.210 e. The summed E-state index contributed by atoms with van der Waals surface area (Å²) < 4.78 is 28.0. The van der Waals surface area contributed by atoms with Gasteiger partial charge in [0.05, 0.1) is 0 Å². The molecule has 1 rings (SSSR count). The molecule has 0 aliphatic heterocycles. The van der Waals surface area contributed by atoms with Gasteiger partial charge in [-0.15, -0.1) is 11.3 Å². The van der Waals surface area contributed by atoms with E-state index in [1.54, 1.807) is 11.4 Å².